The molecule has 5 heteroatoms. The van der Waals surface area contributed by atoms with E-state index in [9.17, 15) is 4.79 Å². The van der Waals surface area contributed by atoms with Gasteiger partial charge >= 0.3 is 0 Å². The topological polar surface area (TPSA) is 60.5 Å². The molecule has 2 heterocycles. The number of ether oxygens (including phenoxy) is 2. The van der Waals surface area contributed by atoms with Crippen molar-refractivity contribution in [1.82, 2.24) is 10.3 Å². The minimum atomic E-state index is -0.0151. The summed E-state index contributed by atoms with van der Waals surface area (Å²) in [7, 11) is 1.70. The molecule has 4 atom stereocenters. The zero-order valence-electron chi connectivity index (χ0n) is 12.9. The number of rotatable bonds is 4. The Kier molecular flexibility index (Phi) is 3.62. The maximum Gasteiger partial charge on any atom is 0.253 e. The Hall–Kier alpha value is -1.46. The van der Waals surface area contributed by atoms with Gasteiger partial charge in [-0.1, -0.05) is 0 Å². The highest BCUT2D eigenvalue weighted by Crippen LogP contribution is 2.43. The molecule has 1 aromatic heterocycles. The predicted molar refractivity (Wildman–Crippen MR) is 80.7 cm³/mol. The Balaban J connectivity index is 1.47. The standard InChI is InChI=1S/C17H22N2O3/c1-21-9-13-15(12-5-6-22-16(12)13)19-17(20)11-7-10-3-2-4-14(10)18-8-11/h7-8,12-13,15-16H,2-6,9H2,1H3,(H,19,20)/t12-,13+,15+,16-/m1/s1. The first kappa shape index (κ1) is 14.2. The second-order valence-corrected chi connectivity index (χ2v) is 6.59. The van der Waals surface area contributed by atoms with Crippen LogP contribution in [0.3, 0.4) is 0 Å². The molecule has 0 spiro atoms. The molecule has 0 radical (unpaired) electrons. The number of aryl methyl sites for hydroxylation is 2. The average Bonchev–Trinajstić information content (AvgIpc) is 3.16. The molecule has 0 bridgehead atoms. The van der Waals surface area contributed by atoms with E-state index in [4.69, 9.17) is 9.47 Å². The van der Waals surface area contributed by atoms with Crippen molar-refractivity contribution in [3.8, 4) is 0 Å². The number of aromatic nitrogens is 1. The van der Waals surface area contributed by atoms with Gasteiger partial charge in [-0.3, -0.25) is 9.78 Å². The summed E-state index contributed by atoms with van der Waals surface area (Å²) in [6, 6.07) is 2.17. The van der Waals surface area contributed by atoms with Crippen LogP contribution in [0, 0.1) is 11.8 Å². The average molecular weight is 302 g/mol. The maximum atomic E-state index is 12.6. The van der Waals surface area contributed by atoms with E-state index in [-0.39, 0.29) is 24.0 Å². The Labute approximate surface area is 130 Å². The van der Waals surface area contributed by atoms with Crippen LogP contribution in [0.25, 0.3) is 0 Å². The Morgan fingerprint density at radius 2 is 2.41 bits per heavy atom. The van der Waals surface area contributed by atoms with Gasteiger partial charge in [-0.15, -0.1) is 0 Å². The number of methoxy groups -OCH3 is 1. The monoisotopic (exact) mass is 302 g/mol. The molecule has 22 heavy (non-hydrogen) atoms. The minimum absolute atomic E-state index is 0.0151. The summed E-state index contributed by atoms with van der Waals surface area (Å²) < 4.78 is 11.0. The van der Waals surface area contributed by atoms with Crippen molar-refractivity contribution in [1.29, 1.82) is 0 Å². The van der Waals surface area contributed by atoms with Crippen LogP contribution in [-0.2, 0) is 22.3 Å². The lowest BCUT2D eigenvalue weighted by Gasteiger charge is -2.47. The normalized spacial score (nSPS) is 32.2. The van der Waals surface area contributed by atoms with E-state index >= 15 is 0 Å². The summed E-state index contributed by atoms with van der Waals surface area (Å²) in [6.07, 6.45) is 6.22. The summed E-state index contributed by atoms with van der Waals surface area (Å²) in [5.74, 6) is 0.689. The van der Waals surface area contributed by atoms with E-state index in [1.54, 1.807) is 13.3 Å². The lowest BCUT2D eigenvalue weighted by atomic mass is 9.67. The lowest BCUT2D eigenvalue weighted by molar-refractivity contribution is -0.0809. The molecule has 1 aliphatic heterocycles. The molecule has 1 amide bonds. The molecule has 3 aliphatic rings. The highest BCUT2D eigenvalue weighted by atomic mass is 16.5. The number of nitrogens with one attached hydrogen (secondary N) is 1. The van der Waals surface area contributed by atoms with Crippen molar-refractivity contribution < 1.29 is 14.3 Å². The Morgan fingerprint density at radius 3 is 3.27 bits per heavy atom. The SMILES string of the molecule is COC[C@H]1[C@@H](NC(=O)c2cnc3c(c2)CCC3)[C@H]2CCO[C@H]21. The van der Waals surface area contributed by atoms with Crippen molar-refractivity contribution in [2.24, 2.45) is 11.8 Å². The first-order chi connectivity index (χ1) is 10.8. The molecule has 1 saturated carbocycles. The van der Waals surface area contributed by atoms with E-state index < -0.39 is 0 Å². The Bertz CT molecular complexity index is 589. The van der Waals surface area contributed by atoms with Crippen molar-refractivity contribution in [3.05, 3.63) is 29.1 Å². The van der Waals surface area contributed by atoms with Gasteiger partial charge in [-0.05, 0) is 37.3 Å². The highest BCUT2D eigenvalue weighted by Gasteiger charge is 2.54. The first-order valence-corrected chi connectivity index (χ1v) is 8.17. The summed E-state index contributed by atoms with van der Waals surface area (Å²) >= 11 is 0. The molecule has 2 aliphatic carbocycles. The van der Waals surface area contributed by atoms with Crippen LogP contribution in [0.15, 0.2) is 12.3 Å². The van der Waals surface area contributed by atoms with Gasteiger partial charge in [-0.25, -0.2) is 0 Å². The third-order valence-corrected chi connectivity index (χ3v) is 5.37. The van der Waals surface area contributed by atoms with Crippen molar-refractivity contribution in [3.63, 3.8) is 0 Å². The molecule has 5 nitrogen and oxygen atoms in total. The van der Waals surface area contributed by atoms with Gasteiger partial charge in [0.2, 0.25) is 0 Å². The zero-order valence-corrected chi connectivity index (χ0v) is 12.9. The van der Waals surface area contributed by atoms with Crippen molar-refractivity contribution in [2.75, 3.05) is 20.3 Å². The van der Waals surface area contributed by atoms with Crippen LogP contribution >= 0.6 is 0 Å². The molecule has 4 rings (SSSR count). The van der Waals surface area contributed by atoms with Crippen LogP contribution in [0.5, 0.6) is 0 Å². The molecular weight excluding hydrogens is 280 g/mol. The van der Waals surface area contributed by atoms with E-state index in [0.717, 1.165) is 38.0 Å². The van der Waals surface area contributed by atoms with Crippen LogP contribution in [0.4, 0.5) is 0 Å². The first-order valence-electron chi connectivity index (χ1n) is 8.17. The van der Waals surface area contributed by atoms with Crippen LogP contribution in [-0.4, -0.2) is 43.4 Å². The van der Waals surface area contributed by atoms with E-state index in [1.165, 1.54) is 5.56 Å². The fourth-order valence-electron chi connectivity index (χ4n) is 4.22. The molecular formula is C17H22N2O3. The molecule has 2 fully saturated rings. The molecule has 1 aromatic rings. The number of hydrogen-bond acceptors (Lipinski definition) is 4. The molecule has 1 N–H and O–H groups in total. The van der Waals surface area contributed by atoms with E-state index in [2.05, 4.69) is 10.3 Å². The highest BCUT2D eigenvalue weighted by molar-refractivity contribution is 5.94. The number of hydrogen-bond donors (Lipinski definition) is 1. The smallest absolute Gasteiger partial charge is 0.253 e. The third-order valence-electron chi connectivity index (χ3n) is 5.37. The van der Waals surface area contributed by atoms with Crippen LogP contribution < -0.4 is 5.32 Å². The molecule has 0 aromatic carbocycles. The second kappa shape index (κ2) is 5.63. The lowest BCUT2D eigenvalue weighted by Crippen LogP contribution is -2.62. The predicted octanol–water partition coefficient (Wildman–Crippen LogP) is 1.35. The van der Waals surface area contributed by atoms with Gasteiger partial charge < -0.3 is 14.8 Å². The van der Waals surface area contributed by atoms with Crippen LogP contribution in [0.2, 0.25) is 0 Å². The minimum Gasteiger partial charge on any atom is -0.384 e. The fraction of sp³-hybridized carbons (Fsp3) is 0.647. The van der Waals surface area contributed by atoms with Gasteiger partial charge in [0.15, 0.2) is 0 Å². The van der Waals surface area contributed by atoms with Crippen molar-refractivity contribution >= 4 is 5.91 Å². The van der Waals surface area contributed by atoms with Crippen LogP contribution in [0.1, 0.15) is 34.5 Å². The second-order valence-electron chi connectivity index (χ2n) is 6.59. The third kappa shape index (κ3) is 2.23. The quantitative estimate of drug-likeness (QED) is 0.912. The number of nitrogens with zero attached hydrogens (tertiary/aromatic N) is 1. The van der Waals surface area contributed by atoms with Gasteiger partial charge in [-0.2, -0.15) is 0 Å². The van der Waals surface area contributed by atoms with Gasteiger partial charge in [0.25, 0.3) is 5.91 Å². The van der Waals surface area contributed by atoms with E-state index in [0.29, 0.717) is 18.1 Å². The van der Waals surface area contributed by atoms with Gasteiger partial charge in [0.1, 0.15) is 0 Å². The summed E-state index contributed by atoms with van der Waals surface area (Å²) in [5.41, 5.74) is 3.07. The number of carbonyl (C=O) groups excluding carboxylic acids is 1. The molecule has 0 unspecified atom stereocenters. The number of fused-ring (bicyclic) bond motifs is 2. The maximum absolute atomic E-state index is 12.6. The van der Waals surface area contributed by atoms with Crippen molar-refractivity contribution in [2.45, 2.75) is 37.8 Å². The number of carbonyl (C=O) groups is 1. The van der Waals surface area contributed by atoms with Gasteiger partial charge in [0.05, 0.1) is 18.3 Å². The van der Waals surface area contributed by atoms with Gasteiger partial charge in [0, 0.05) is 43.5 Å². The summed E-state index contributed by atoms with van der Waals surface area (Å²) in [4.78, 5) is 17.0. The summed E-state index contributed by atoms with van der Waals surface area (Å²) in [5, 5.41) is 3.19. The number of pyridine rings is 1. The largest absolute Gasteiger partial charge is 0.384 e. The summed E-state index contributed by atoms with van der Waals surface area (Å²) in [6.45, 7) is 1.43. The molecule has 1 saturated heterocycles. The Morgan fingerprint density at radius 1 is 1.50 bits per heavy atom. The number of amides is 1. The fourth-order valence-corrected chi connectivity index (χ4v) is 4.22. The molecule has 118 valence electrons. The van der Waals surface area contributed by atoms with E-state index in [1.807, 2.05) is 6.07 Å². The zero-order chi connectivity index (χ0) is 15.1.